The number of fused-ring (bicyclic) bond motifs is 3. The van der Waals surface area contributed by atoms with Crippen LogP contribution < -0.4 is 24.8 Å². The Bertz CT molecular complexity index is 1130. The van der Waals surface area contributed by atoms with Crippen molar-refractivity contribution in [3.8, 4) is 0 Å². The second-order valence-electron chi connectivity index (χ2n) is 8.67. The predicted molar refractivity (Wildman–Crippen MR) is 137 cm³/mol. The fourth-order valence-corrected chi connectivity index (χ4v) is 5.38. The Balaban J connectivity index is 0.000000247. The van der Waals surface area contributed by atoms with E-state index >= 15 is 0 Å². The summed E-state index contributed by atoms with van der Waals surface area (Å²) >= 11 is 1.51. The van der Waals surface area contributed by atoms with Crippen molar-refractivity contribution < 1.29 is 49.0 Å². The average molecular weight is 569 g/mol. The Morgan fingerprint density at radius 2 is 1.33 bits per heavy atom. The van der Waals surface area contributed by atoms with E-state index in [1.165, 1.54) is 51.3 Å². The molecule has 0 radical (unpaired) electrons. The van der Waals surface area contributed by atoms with Crippen molar-refractivity contribution in [3.63, 3.8) is 0 Å². The van der Waals surface area contributed by atoms with E-state index in [2.05, 4.69) is 120 Å². The van der Waals surface area contributed by atoms with Crippen LogP contribution in [-0.4, -0.2) is 11.8 Å². The fraction of sp³-hybridized carbons (Fsp3) is 0.172. The van der Waals surface area contributed by atoms with E-state index in [9.17, 15) is 0 Å². The summed E-state index contributed by atoms with van der Waals surface area (Å²) < 4.78 is 2.25. The second kappa shape index (κ2) is 14.7. The van der Waals surface area contributed by atoms with E-state index in [1.54, 1.807) is 5.20 Å². The number of hydrogen-bond donors (Lipinski definition) is 0. The summed E-state index contributed by atoms with van der Waals surface area (Å²) in [4.78, 5) is 0. The molecule has 0 atom stereocenters. The van der Waals surface area contributed by atoms with E-state index in [-0.39, 0.29) is 24.8 Å². The zero-order valence-electron chi connectivity index (χ0n) is 19.5. The molecule has 0 aromatic heterocycles. The van der Waals surface area contributed by atoms with Gasteiger partial charge in [-0.05, 0) is 8.07 Å². The van der Waals surface area contributed by atoms with Gasteiger partial charge in [-0.3, -0.25) is 6.08 Å². The molecular formula is C29H30Cl2SiZr-2. The van der Waals surface area contributed by atoms with Crippen molar-refractivity contribution >= 4 is 33.3 Å². The second-order valence-corrected chi connectivity index (χ2v) is 14.8. The van der Waals surface area contributed by atoms with Crippen molar-refractivity contribution in [2.75, 3.05) is 0 Å². The van der Waals surface area contributed by atoms with Crippen LogP contribution >= 0.6 is 0 Å². The number of rotatable bonds is 3. The Kier molecular flexibility index (Phi) is 13.2. The molecule has 0 aliphatic heterocycles. The van der Waals surface area contributed by atoms with Crippen molar-refractivity contribution in [2.45, 2.75) is 32.5 Å². The van der Waals surface area contributed by atoms with Crippen LogP contribution in [0.15, 0.2) is 102 Å². The monoisotopic (exact) mass is 566 g/mol. The third-order valence-electron chi connectivity index (χ3n) is 5.27. The maximum absolute atomic E-state index is 3.20. The summed E-state index contributed by atoms with van der Waals surface area (Å²) in [7, 11) is -0.981. The van der Waals surface area contributed by atoms with Gasteiger partial charge in [0.15, 0.2) is 0 Å². The molecular weight excluding hydrogens is 539 g/mol. The Morgan fingerprint density at radius 1 is 0.818 bits per heavy atom. The van der Waals surface area contributed by atoms with Gasteiger partial charge in [-0.2, -0.15) is 6.08 Å². The summed E-state index contributed by atoms with van der Waals surface area (Å²) in [6, 6.07) is 29.8. The molecule has 5 rings (SSSR count). The van der Waals surface area contributed by atoms with Gasteiger partial charge in [-0.15, -0.1) is 46.2 Å². The number of halogens is 2. The van der Waals surface area contributed by atoms with E-state index in [0.717, 1.165) is 12.8 Å². The van der Waals surface area contributed by atoms with Gasteiger partial charge in [0.05, 0.1) is 0 Å². The van der Waals surface area contributed by atoms with Crippen molar-refractivity contribution in [1.82, 2.24) is 0 Å². The van der Waals surface area contributed by atoms with Crippen molar-refractivity contribution in [1.29, 1.82) is 0 Å². The van der Waals surface area contributed by atoms with Crippen LogP contribution in [0.4, 0.5) is 0 Å². The van der Waals surface area contributed by atoms with E-state index in [0.29, 0.717) is 0 Å². The SMILES string of the molecule is C[Si](C)(C)C1=CC[C-]=C1.[Cl-].[Cl-].[Zr+2]=[CH]Cc1ccccc1.c1ccc2c(c1)[cH-]c1ccccc12. The smallest absolute Gasteiger partial charge is 0.0771 e. The molecule has 0 nitrogen and oxygen atoms in total. The van der Waals surface area contributed by atoms with Crippen LogP contribution in [0.3, 0.4) is 0 Å². The molecule has 4 aromatic rings. The largest absolute Gasteiger partial charge is 0.126 e. The van der Waals surface area contributed by atoms with Crippen LogP contribution in [0.5, 0.6) is 0 Å². The third kappa shape index (κ3) is 9.02. The minimum atomic E-state index is -0.981. The molecule has 4 heteroatoms. The molecule has 0 N–H and O–H groups in total. The maximum Gasteiger partial charge on any atom is -0.0771 e. The Morgan fingerprint density at radius 3 is 1.76 bits per heavy atom. The summed E-state index contributed by atoms with van der Waals surface area (Å²) in [6.45, 7) is 7.09. The Labute approximate surface area is 227 Å². The average Bonchev–Trinajstić information content (AvgIpc) is 3.44. The number of allylic oxidation sites excluding steroid dienone is 4. The first-order valence-electron chi connectivity index (χ1n) is 10.8. The first kappa shape index (κ1) is 29.6. The van der Waals surface area contributed by atoms with Gasteiger partial charge in [-0.1, -0.05) is 56.0 Å². The van der Waals surface area contributed by atoms with Gasteiger partial charge in [0, 0.05) is 0 Å². The third-order valence-corrected chi connectivity index (χ3v) is 7.85. The standard InChI is InChI=1S/C13H9.C8H13Si.C8H8.2ClH.Zr/c1-3-7-12-10(5-1)9-11-6-2-4-8-13(11)12;1-9(2,3)8-6-4-5-7-8;1-2-8-6-4-3-5-7-8;;;/h1-9H;6-7H,4H2,1-3H3;1,3-7H,2H2;2*1H;/q2*-1;;;;+2/p-2. The fourth-order valence-electron chi connectivity index (χ4n) is 3.56. The van der Waals surface area contributed by atoms with Gasteiger partial charge in [0.1, 0.15) is 0 Å². The minimum absolute atomic E-state index is 0. The number of hydrogen-bond acceptors (Lipinski definition) is 0. The van der Waals surface area contributed by atoms with Gasteiger partial charge in [0.2, 0.25) is 0 Å². The maximum atomic E-state index is 3.20. The first-order valence-corrected chi connectivity index (χ1v) is 15.7. The van der Waals surface area contributed by atoms with Crippen LogP contribution in [0.2, 0.25) is 19.6 Å². The molecule has 0 fully saturated rings. The number of benzene rings is 3. The molecule has 4 aromatic carbocycles. The normalized spacial score (nSPS) is 11.8. The van der Waals surface area contributed by atoms with Gasteiger partial charge in [0.25, 0.3) is 0 Å². The summed E-state index contributed by atoms with van der Waals surface area (Å²) in [5.74, 6) is 0. The molecule has 0 amide bonds. The Hall–Kier alpha value is -1.44. The molecule has 0 heterocycles. The zero-order valence-corrected chi connectivity index (χ0v) is 24.5. The van der Waals surface area contributed by atoms with Gasteiger partial charge in [-0.25, -0.2) is 11.3 Å². The van der Waals surface area contributed by atoms with Crippen LogP contribution in [0.1, 0.15) is 12.0 Å². The summed E-state index contributed by atoms with van der Waals surface area (Å²) in [5.41, 5.74) is 1.41. The van der Waals surface area contributed by atoms with Crippen molar-refractivity contribution in [2.24, 2.45) is 0 Å². The quantitative estimate of drug-likeness (QED) is 0.262. The molecule has 0 spiro atoms. The first-order chi connectivity index (χ1) is 15.0. The van der Waals surface area contributed by atoms with Crippen LogP contribution in [-0.2, 0) is 30.7 Å². The molecule has 0 saturated heterocycles. The molecule has 0 unspecified atom stereocenters. The molecule has 0 saturated carbocycles. The van der Waals surface area contributed by atoms with E-state index in [1.807, 2.05) is 6.07 Å². The van der Waals surface area contributed by atoms with Gasteiger partial charge >= 0.3 is 70.3 Å². The molecule has 1 aliphatic rings. The minimum Gasteiger partial charge on any atom is -0.126 e. The predicted octanol–water partition coefficient (Wildman–Crippen LogP) is 1.85. The summed E-state index contributed by atoms with van der Waals surface area (Å²) in [5, 5.41) is 6.95. The summed E-state index contributed by atoms with van der Waals surface area (Å²) in [6.07, 6.45) is 9.82. The van der Waals surface area contributed by atoms with E-state index < -0.39 is 8.07 Å². The zero-order chi connectivity index (χ0) is 22.1. The van der Waals surface area contributed by atoms with Gasteiger partial charge < -0.3 is 24.8 Å². The molecule has 1 aliphatic carbocycles. The topological polar surface area (TPSA) is 0 Å². The molecule has 0 bridgehead atoms. The van der Waals surface area contributed by atoms with E-state index in [4.69, 9.17) is 0 Å². The van der Waals surface area contributed by atoms with Crippen LogP contribution in [0, 0.1) is 6.08 Å². The molecule has 33 heavy (non-hydrogen) atoms. The van der Waals surface area contributed by atoms with Crippen LogP contribution in [0.25, 0.3) is 21.5 Å². The van der Waals surface area contributed by atoms with Crippen molar-refractivity contribution in [3.05, 3.63) is 114 Å². The molecule has 170 valence electrons.